The molecule has 1 aromatic rings. The predicted octanol–water partition coefficient (Wildman–Crippen LogP) is 2.32. The summed E-state index contributed by atoms with van der Waals surface area (Å²) in [5.41, 5.74) is 4.05. The molecule has 0 aliphatic rings. The molecule has 1 rings (SSSR count). The molecule has 4 heteroatoms. The average Bonchev–Trinajstić information content (AvgIpc) is 2.41. The van der Waals surface area contributed by atoms with Crippen molar-refractivity contribution in [1.82, 2.24) is 10.3 Å². The van der Waals surface area contributed by atoms with Crippen molar-refractivity contribution in [2.75, 3.05) is 14.1 Å². The SMILES string of the molecule is CCC(CC)(C(Cc1ccc(F)cc1)NN)N(C)C. The zero-order valence-corrected chi connectivity index (χ0v) is 12.4. The third kappa shape index (κ3) is 3.53. The Kier molecular flexibility index (Phi) is 5.91. The molecule has 19 heavy (non-hydrogen) atoms. The normalized spacial score (nSPS) is 13.8. The maximum Gasteiger partial charge on any atom is 0.123 e. The summed E-state index contributed by atoms with van der Waals surface area (Å²) in [5, 5.41) is 0. The van der Waals surface area contributed by atoms with Crippen molar-refractivity contribution in [1.29, 1.82) is 0 Å². The molecule has 0 fully saturated rings. The van der Waals surface area contributed by atoms with Gasteiger partial charge in [-0.3, -0.25) is 11.3 Å². The van der Waals surface area contributed by atoms with Gasteiger partial charge in [0.2, 0.25) is 0 Å². The summed E-state index contributed by atoms with van der Waals surface area (Å²) in [6.45, 7) is 4.36. The van der Waals surface area contributed by atoms with E-state index in [4.69, 9.17) is 5.84 Å². The van der Waals surface area contributed by atoms with Crippen LogP contribution in [0.5, 0.6) is 0 Å². The Hall–Kier alpha value is -0.970. The Labute approximate surface area is 116 Å². The molecular weight excluding hydrogens is 241 g/mol. The molecule has 0 saturated heterocycles. The summed E-state index contributed by atoms with van der Waals surface area (Å²) in [6, 6.07) is 6.77. The minimum Gasteiger partial charge on any atom is -0.302 e. The van der Waals surface area contributed by atoms with Gasteiger partial charge in [0.15, 0.2) is 0 Å². The van der Waals surface area contributed by atoms with Crippen molar-refractivity contribution in [2.24, 2.45) is 5.84 Å². The van der Waals surface area contributed by atoms with Gasteiger partial charge in [-0.2, -0.15) is 0 Å². The Balaban J connectivity index is 2.95. The van der Waals surface area contributed by atoms with E-state index < -0.39 is 0 Å². The summed E-state index contributed by atoms with van der Waals surface area (Å²) < 4.78 is 13.0. The van der Waals surface area contributed by atoms with Crippen LogP contribution in [0.1, 0.15) is 32.3 Å². The van der Waals surface area contributed by atoms with Crippen LogP contribution in [0.3, 0.4) is 0 Å². The first-order chi connectivity index (χ1) is 9.00. The molecule has 1 aromatic carbocycles. The van der Waals surface area contributed by atoms with Gasteiger partial charge < -0.3 is 4.90 Å². The quantitative estimate of drug-likeness (QED) is 0.588. The fourth-order valence-corrected chi connectivity index (χ4v) is 2.95. The average molecular weight is 267 g/mol. The van der Waals surface area contributed by atoms with E-state index in [0.717, 1.165) is 24.8 Å². The number of hydrogen-bond acceptors (Lipinski definition) is 3. The lowest BCUT2D eigenvalue weighted by molar-refractivity contribution is 0.0882. The highest BCUT2D eigenvalue weighted by Gasteiger charge is 2.37. The van der Waals surface area contributed by atoms with E-state index in [0.29, 0.717) is 0 Å². The number of hydrazine groups is 1. The first-order valence-electron chi connectivity index (χ1n) is 6.88. The molecule has 0 bridgehead atoms. The summed E-state index contributed by atoms with van der Waals surface area (Å²) in [4.78, 5) is 2.24. The number of benzene rings is 1. The molecule has 3 N–H and O–H groups in total. The molecule has 0 saturated carbocycles. The second kappa shape index (κ2) is 6.98. The molecule has 0 aromatic heterocycles. The number of likely N-dealkylation sites (N-methyl/N-ethyl adjacent to an activating group) is 1. The lowest BCUT2D eigenvalue weighted by atomic mass is 9.80. The lowest BCUT2D eigenvalue weighted by Crippen LogP contribution is -2.61. The van der Waals surface area contributed by atoms with Crippen LogP contribution in [0.4, 0.5) is 4.39 Å². The van der Waals surface area contributed by atoms with Gasteiger partial charge in [0.25, 0.3) is 0 Å². The molecular formula is C15H26FN3. The Morgan fingerprint density at radius 1 is 1.21 bits per heavy atom. The topological polar surface area (TPSA) is 41.3 Å². The Morgan fingerprint density at radius 3 is 2.11 bits per heavy atom. The number of nitrogens with zero attached hydrogens (tertiary/aromatic N) is 1. The molecule has 1 atom stereocenters. The molecule has 0 heterocycles. The molecule has 1 unspecified atom stereocenters. The molecule has 0 aliphatic heterocycles. The number of rotatable bonds is 7. The largest absolute Gasteiger partial charge is 0.302 e. The van der Waals surface area contributed by atoms with Gasteiger partial charge in [-0.15, -0.1) is 0 Å². The maximum atomic E-state index is 13.0. The van der Waals surface area contributed by atoms with Crippen molar-refractivity contribution in [2.45, 2.75) is 44.7 Å². The van der Waals surface area contributed by atoms with Gasteiger partial charge in [-0.05, 0) is 51.1 Å². The van der Waals surface area contributed by atoms with Crippen LogP contribution < -0.4 is 11.3 Å². The van der Waals surface area contributed by atoms with Crippen LogP contribution in [-0.2, 0) is 6.42 Å². The van der Waals surface area contributed by atoms with Crippen LogP contribution in [-0.4, -0.2) is 30.6 Å². The standard InChI is InChI=1S/C15H26FN3/c1-5-15(6-2,19(3)4)14(18-17)11-12-7-9-13(16)10-8-12/h7-10,14,18H,5-6,11,17H2,1-4H3. The summed E-state index contributed by atoms with van der Waals surface area (Å²) in [6.07, 6.45) is 2.80. The first kappa shape index (κ1) is 16.1. The molecule has 0 spiro atoms. The van der Waals surface area contributed by atoms with Gasteiger partial charge >= 0.3 is 0 Å². The van der Waals surface area contributed by atoms with E-state index >= 15 is 0 Å². The van der Waals surface area contributed by atoms with E-state index in [-0.39, 0.29) is 17.4 Å². The van der Waals surface area contributed by atoms with E-state index in [1.54, 1.807) is 0 Å². The fraction of sp³-hybridized carbons (Fsp3) is 0.600. The first-order valence-corrected chi connectivity index (χ1v) is 6.88. The van der Waals surface area contributed by atoms with Crippen molar-refractivity contribution in [3.05, 3.63) is 35.6 Å². The Morgan fingerprint density at radius 2 is 1.74 bits per heavy atom. The smallest absolute Gasteiger partial charge is 0.123 e. The van der Waals surface area contributed by atoms with Gasteiger partial charge in [0, 0.05) is 11.6 Å². The molecule has 3 nitrogen and oxygen atoms in total. The minimum atomic E-state index is -0.203. The highest BCUT2D eigenvalue weighted by atomic mass is 19.1. The van der Waals surface area contributed by atoms with E-state index in [9.17, 15) is 4.39 Å². The highest BCUT2D eigenvalue weighted by Crippen LogP contribution is 2.27. The number of halogens is 1. The van der Waals surface area contributed by atoms with Crippen LogP contribution in [0.25, 0.3) is 0 Å². The third-order valence-corrected chi connectivity index (χ3v) is 4.32. The second-order valence-electron chi connectivity index (χ2n) is 5.25. The maximum absolute atomic E-state index is 13.0. The summed E-state index contributed by atoms with van der Waals surface area (Å²) in [5.74, 6) is 5.57. The van der Waals surface area contributed by atoms with Crippen LogP contribution in [0, 0.1) is 5.82 Å². The van der Waals surface area contributed by atoms with Crippen LogP contribution in [0.2, 0.25) is 0 Å². The van der Waals surface area contributed by atoms with E-state index in [2.05, 4.69) is 38.3 Å². The fourth-order valence-electron chi connectivity index (χ4n) is 2.95. The number of nitrogens with two attached hydrogens (primary N) is 1. The lowest BCUT2D eigenvalue weighted by Gasteiger charge is -2.45. The van der Waals surface area contributed by atoms with Crippen molar-refractivity contribution >= 4 is 0 Å². The van der Waals surface area contributed by atoms with Crippen molar-refractivity contribution < 1.29 is 4.39 Å². The number of nitrogens with one attached hydrogen (secondary N) is 1. The summed E-state index contributed by atoms with van der Waals surface area (Å²) >= 11 is 0. The van der Waals surface area contributed by atoms with Crippen molar-refractivity contribution in [3.63, 3.8) is 0 Å². The van der Waals surface area contributed by atoms with Crippen LogP contribution in [0.15, 0.2) is 24.3 Å². The number of hydrogen-bond donors (Lipinski definition) is 2. The van der Waals surface area contributed by atoms with Gasteiger partial charge in [0.1, 0.15) is 5.82 Å². The van der Waals surface area contributed by atoms with E-state index in [1.807, 2.05) is 12.1 Å². The molecule has 0 aliphatic carbocycles. The van der Waals surface area contributed by atoms with Crippen LogP contribution >= 0.6 is 0 Å². The van der Waals surface area contributed by atoms with Gasteiger partial charge in [-0.25, -0.2) is 4.39 Å². The second-order valence-corrected chi connectivity index (χ2v) is 5.25. The monoisotopic (exact) mass is 267 g/mol. The zero-order valence-electron chi connectivity index (χ0n) is 12.4. The molecule has 0 radical (unpaired) electrons. The van der Waals surface area contributed by atoms with Crippen molar-refractivity contribution in [3.8, 4) is 0 Å². The predicted molar refractivity (Wildman–Crippen MR) is 78.2 cm³/mol. The third-order valence-electron chi connectivity index (χ3n) is 4.32. The minimum absolute atomic E-state index is 0.00311. The molecule has 0 amide bonds. The Bertz CT molecular complexity index is 371. The summed E-state index contributed by atoms with van der Waals surface area (Å²) in [7, 11) is 4.17. The van der Waals surface area contributed by atoms with E-state index in [1.165, 1.54) is 12.1 Å². The molecule has 108 valence electrons. The zero-order chi connectivity index (χ0) is 14.5. The highest BCUT2D eigenvalue weighted by molar-refractivity contribution is 5.18. The van der Waals surface area contributed by atoms with Gasteiger partial charge in [-0.1, -0.05) is 26.0 Å². The van der Waals surface area contributed by atoms with Gasteiger partial charge in [0.05, 0.1) is 0 Å².